The van der Waals surface area contributed by atoms with Gasteiger partial charge in [0.2, 0.25) is 0 Å². The SMILES string of the molecule is O=S(=O)(F)C(F)=C(F)OC(F)(F)C(F)(F)F. The molecule has 0 unspecified atom stereocenters. The summed E-state index contributed by atoms with van der Waals surface area (Å²) < 4.78 is 114. The molecule has 0 radical (unpaired) electrons. The van der Waals surface area contributed by atoms with E-state index in [9.17, 15) is 43.0 Å². The van der Waals surface area contributed by atoms with E-state index in [0.717, 1.165) is 0 Å². The number of halogens is 8. The quantitative estimate of drug-likeness (QED) is 0.453. The Bertz CT molecular complexity index is 392. The van der Waals surface area contributed by atoms with Gasteiger partial charge >= 0.3 is 33.7 Å². The molecule has 0 saturated heterocycles. The molecule has 0 spiro atoms. The fraction of sp³-hybridized carbons (Fsp3) is 0.500. The third kappa shape index (κ3) is 3.50. The van der Waals surface area contributed by atoms with E-state index in [1.807, 2.05) is 0 Å². The first-order valence-electron chi connectivity index (χ1n) is 2.92. The minimum atomic E-state index is -6.43. The predicted octanol–water partition coefficient (Wildman–Crippen LogP) is 2.52. The standard InChI is InChI=1S/C4F8O3S/c5-1(2(6)16(12,13)14)15-4(10,11)3(7,8)9. The van der Waals surface area contributed by atoms with E-state index in [0.29, 0.717) is 0 Å². The highest BCUT2D eigenvalue weighted by Gasteiger charge is 2.62. The molecule has 0 aromatic rings. The number of rotatable bonds is 3. The molecule has 0 aliphatic rings. The van der Waals surface area contributed by atoms with Crippen molar-refractivity contribution in [2.24, 2.45) is 0 Å². The van der Waals surface area contributed by atoms with Crippen molar-refractivity contribution in [3.05, 3.63) is 11.2 Å². The van der Waals surface area contributed by atoms with Crippen LogP contribution in [0.25, 0.3) is 0 Å². The van der Waals surface area contributed by atoms with Crippen molar-refractivity contribution in [2.45, 2.75) is 12.3 Å². The van der Waals surface area contributed by atoms with Crippen LogP contribution in [0.4, 0.5) is 34.6 Å². The summed E-state index contributed by atoms with van der Waals surface area (Å²) in [5.74, 6) is 0. The maximum Gasteiger partial charge on any atom is 0.500 e. The van der Waals surface area contributed by atoms with E-state index in [4.69, 9.17) is 0 Å². The number of alkyl halides is 5. The lowest BCUT2D eigenvalue weighted by molar-refractivity contribution is -0.384. The van der Waals surface area contributed by atoms with Gasteiger partial charge in [0.1, 0.15) is 0 Å². The zero-order valence-corrected chi connectivity index (χ0v) is 7.47. The first-order valence-corrected chi connectivity index (χ1v) is 4.31. The third-order valence-electron chi connectivity index (χ3n) is 0.916. The zero-order chi connectivity index (χ0) is 13.4. The van der Waals surface area contributed by atoms with E-state index < -0.39 is 33.7 Å². The molecule has 0 rings (SSSR count). The number of hydrogen-bond donors (Lipinski definition) is 0. The van der Waals surface area contributed by atoms with Crippen LogP contribution in [-0.2, 0) is 15.0 Å². The van der Waals surface area contributed by atoms with Crippen molar-refractivity contribution in [2.75, 3.05) is 0 Å². The highest BCUT2D eigenvalue weighted by molar-refractivity contribution is 7.90. The van der Waals surface area contributed by atoms with E-state index >= 15 is 0 Å². The van der Waals surface area contributed by atoms with Crippen LogP contribution in [0.3, 0.4) is 0 Å². The summed E-state index contributed by atoms with van der Waals surface area (Å²) in [6.45, 7) is 0. The zero-order valence-electron chi connectivity index (χ0n) is 6.66. The summed E-state index contributed by atoms with van der Waals surface area (Å²) in [7, 11) is -6.41. The van der Waals surface area contributed by atoms with Crippen molar-refractivity contribution < 1.29 is 47.8 Å². The second-order valence-electron chi connectivity index (χ2n) is 2.10. The summed E-state index contributed by atoms with van der Waals surface area (Å²) in [4.78, 5) is 0. The fourth-order valence-corrected chi connectivity index (χ4v) is 0.540. The van der Waals surface area contributed by atoms with Crippen molar-refractivity contribution in [3.63, 3.8) is 0 Å². The summed E-state index contributed by atoms with van der Waals surface area (Å²) >= 11 is 0. The Morgan fingerprint density at radius 3 is 1.62 bits per heavy atom. The Balaban J connectivity index is 5.18. The number of hydrogen-bond acceptors (Lipinski definition) is 3. The van der Waals surface area contributed by atoms with Crippen molar-refractivity contribution in [1.29, 1.82) is 0 Å². The Morgan fingerprint density at radius 1 is 1.00 bits per heavy atom. The monoisotopic (exact) mass is 280 g/mol. The molecule has 0 N–H and O–H groups in total. The van der Waals surface area contributed by atoms with Gasteiger partial charge in [0.25, 0.3) is 0 Å². The Kier molecular flexibility index (Phi) is 3.79. The average Bonchev–Trinajstić information content (AvgIpc) is 1.97. The Morgan fingerprint density at radius 2 is 1.38 bits per heavy atom. The van der Waals surface area contributed by atoms with Crippen molar-refractivity contribution in [1.82, 2.24) is 0 Å². The normalized spacial score (nSPS) is 15.8. The lowest BCUT2D eigenvalue weighted by atomic mass is 10.6. The first kappa shape index (κ1) is 14.9. The topological polar surface area (TPSA) is 43.4 Å². The molecule has 0 fully saturated rings. The van der Waals surface area contributed by atoms with Crippen molar-refractivity contribution >= 4 is 10.2 Å². The highest BCUT2D eigenvalue weighted by Crippen LogP contribution is 2.39. The van der Waals surface area contributed by atoms with Gasteiger partial charge in [-0.25, -0.2) is 0 Å². The maximum atomic E-state index is 12.0. The van der Waals surface area contributed by atoms with Gasteiger partial charge in [-0.05, 0) is 0 Å². The van der Waals surface area contributed by atoms with Gasteiger partial charge < -0.3 is 4.74 Å². The first-order chi connectivity index (χ1) is 6.79. The van der Waals surface area contributed by atoms with Crippen LogP contribution in [0, 0.1) is 0 Å². The molecule has 0 aromatic heterocycles. The largest absolute Gasteiger partial charge is 0.500 e. The van der Waals surface area contributed by atoms with E-state index in [1.165, 1.54) is 0 Å². The second-order valence-corrected chi connectivity index (χ2v) is 3.34. The Labute approximate surface area is 82.5 Å². The van der Waals surface area contributed by atoms with Gasteiger partial charge in [0.05, 0.1) is 0 Å². The van der Waals surface area contributed by atoms with Crippen LogP contribution in [-0.4, -0.2) is 20.7 Å². The molecule has 16 heavy (non-hydrogen) atoms. The van der Waals surface area contributed by atoms with Gasteiger partial charge in [-0.15, -0.1) is 0 Å². The molecule has 0 amide bonds. The second kappa shape index (κ2) is 4.07. The van der Waals surface area contributed by atoms with Gasteiger partial charge in [-0.3, -0.25) is 0 Å². The molecule has 0 aliphatic carbocycles. The van der Waals surface area contributed by atoms with Crippen LogP contribution in [0.15, 0.2) is 11.2 Å². The lowest BCUT2D eigenvalue weighted by Crippen LogP contribution is -2.38. The molecular formula is C4F8O3S. The average molecular weight is 280 g/mol. The molecule has 0 saturated carbocycles. The minimum absolute atomic E-state index is 2.05. The minimum Gasteiger partial charge on any atom is -0.396 e. The van der Waals surface area contributed by atoms with Crippen LogP contribution in [0.2, 0.25) is 0 Å². The predicted molar refractivity (Wildman–Crippen MR) is 31.4 cm³/mol. The van der Waals surface area contributed by atoms with Crippen LogP contribution in [0.1, 0.15) is 0 Å². The molecule has 0 heterocycles. The molecule has 0 aromatic carbocycles. The van der Waals surface area contributed by atoms with Crippen molar-refractivity contribution in [3.8, 4) is 0 Å². The summed E-state index contributed by atoms with van der Waals surface area (Å²) in [5, 5.41) is -3.52. The van der Waals surface area contributed by atoms with Crippen LogP contribution < -0.4 is 0 Å². The van der Waals surface area contributed by atoms with E-state index in [2.05, 4.69) is 4.74 Å². The maximum absolute atomic E-state index is 12.0. The molecule has 96 valence electrons. The summed E-state index contributed by atoms with van der Waals surface area (Å²) in [6.07, 6.45) is -12.6. The summed E-state index contributed by atoms with van der Waals surface area (Å²) in [5.41, 5.74) is 0. The molecule has 0 atom stereocenters. The smallest absolute Gasteiger partial charge is 0.396 e. The van der Waals surface area contributed by atoms with Gasteiger partial charge in [0, 0.05) is 0 Å². The highest BCUT2D eigenvalue weighted by atomic mass is 32.3. The molecule has 3 nitrogen and oxygen atoms in total. The van der Waals surface area contributed by atoms with Gasteiger partial charge in [0.15, 0.2) is 0 Å². The molecule has 0 aliphatic heterocycles. The van der Waals surface area contributed by atoms with Crippen LogP contribution in [0.5, 0.6) is 0 Å². The lowest BCUT2D eigenvalue weighted by Gasteiger charge is -2.18. The van der Waals surface area contributed by atoms with Gasteiger partial charge in [-0.2, -0.15) is 39.2 Å². The molecule has 12 heteroatoms. The van der Waals surface area contributed by atoms with Gasteiger partial charge in [-0.1, -0.05) is 3.89 Å². The molecule has 0 bridgehead atoms. The fourth-order valence-electron chi connectivity index (χ4n) is 0.306. The third-order valence-corrected chi connectivity index (χ3v) is 1.51. The summed E-state index contributed by atoms with van der Waals surface area (Å²) in [6, 6.07) is -3.54. The number of ether oxygens (including phenoxy) is 1. The Hall–Kier alpha value is -1.07. The van der Waals surface area contributed by atoms with E-state index in [1.54, 1.807) is 0 Å². The van der Waals surface area contributed by atoms with Crippen LogP contribution >= 0.6 is 0 Å². The van der Waals surface area contributed by atoms with E-state index in [-0.39, 0.29) is 0 Å². The molecular weight excluding hydrogens is 280 g/mol.